The zero-order valence-corrected chi connectivity index (χ0v) is 13.2. The lowest BCUT2D eigenvalue weighted by atomic mass is 9.86. The third kappa shape index (κ3) is 3.02. The molecule has 0 saturated carbocycles. The third-order valence-electron chi connectivity index (χ3n) is 4.60. The van der Waals surface area contributed by atoms with Crippen molar-refractivity contribution in [2.24, 2.45) is 7.05 Å². The number of imidazole rings is 1. The lowest BCUT2D eigenvalue weighted by Gasteiger charge is -2.40. The Morgan fingerprint density at radius 1 is 1.52 bits per heavy atom. The molecule has 0 spiro atoms. The molecule has 1 fully saturated rings. The molecule has 0 aromatic carbocycles. The number of hydrogen-bond acceptors (Lipinski definition) is 5. The highest BCUT2D eigenvalue weighted by atomic mass is 16.6. The maximum atomic E-state index is 11.1. The van der Waals surface area contributed by atoms with Gasteiger partial charge in [0.25, 0.3) is 0 Å². The summed E-state index contributed by atoms with van der Waals surface area (Å²) < 4.78 is 7.69. The molecule has 1 saturated heterocycles. The van der Waals surface area contributed by atoms with Crippen LogP contribution in [0.25, 0.3) is 0 Å². The van der Waals surface area contributed by atoms with E-state index >= 15 is 0 Å². The second-order valence-electron chi connectivity index (χ2n) is 5.72. The molecule has 1 atom stereocenters. The van der Waals surface area contributed by atoms with Gasteiger partial charge in [0.1, 0.15) is 0 Å². The van der Waals surface area contributed by atoms with Crippen molar-refractivity contribution in [3.8, 4) is 0 Å². The van der Waals surface area contributed by atoms with Crippen molar-refractivity contribution in [3.63, 3.8) is 0 Å². The van der Waals surface area contributed by atoms with Crippen molar-refractivity contribution in [2.45, 2.75) is 58.1 Å². The number of aromatic nitrogens is 2. The molecular weight excluding hydrogens is 272 g/mol. The van der Waals surface area contributed by atoms with Gasteiger partial charge < -0.3 is 20.2 Å². The van der Waals surface area contributed by atoms with Gasteiger partial charge in [0.15, 0.2) is 0 Å². The quantitative estimate of drug-likeness (QED) is 0.667. The van der Waals surface area contributed by atoms with Gasteiger partial charge in [-0.1, -0.05) is 13.8 Å². The van der Waals surface area contributed by atoms with E-state index in [1.54, 1.807) is 18.5 Å². The lowest BCUT2D eigenvalue weighted by molar-refractivity contribution is -0.388. The summed E-state index contributed by atoms with van der Waals surface area (Å²) >= 11 is 0. The van der Waals surface area contributed by atoms with E-state index in [2.05, 4.69) is 24.1 Å². The van der Waals surface area contributed by atoms with E-state index in [0.29, 0.717) is 18.2 Å². The highest BCUT2D eigenvalue weighted by Gasteiger charge is 2.36. The smallest absolute Gasteiger partial charge is 0.375 e. The van der Waals surface area contributed by atoms with Crippen LogP contribution < -0.4 is 5.32 Å². The van der Waals surface area contributed by atoms with Crippen LogP contribution in [0, 0.1) is 17.0 Å². The van der Waals surface area contributed by atoms with E-state index in [1.807, 2.05) is 0 Å². The number of aryl methyl sites for hydroxylation is 1. The third-order valence-corrected chi connectivity index (χ3v) is 4.60. The average molecular weight is 296 g/mol. The number of rotatable bonds is 5. The predicted molar refractivity (Wildman–Crippen MR) is 80.5 cm³/mol. The normalized spacial score (nSPS) is 21.2. The fraction of sp³-hybridized carbons (Fsp3) is 0.786. The highest BCUT2D eigenvalue weighted by Crippen LogP contribution is 2.34. The molecule has 1 aromatic heterocycles. The average Bonchev–Trinajstić information content (AvgIpc) is 2.76. The molecule has 1 N–H and O–H groups in total. The van der Waals surface area contributed by atoms with Crippen LogP contribution in [0.1, 0.15) is 45.4 Å². The first-order valence-corrected chi connectivity index (χ1v) is 7.50. The number of nitrogens with zero attached hydrogens (tertiary/aromatic N) is 3. The molecule has 2 heterocycles. The van der Waals surface area contributed by atoms with Gasteiger partial charge in [-0.05, 0) is 35.6 Å². The van der Waals surface area contributed by atoms with Crippen LogP contribution in [-0.4, -0.2) is 32.7 Å². The highest BCUT2D eigenvalue weighted by molar-refractivity contribution is 5.54. The molecule has 21 heavy (non-hydrogen) atoms. The maximum Gasteiger partial charge on any atom is 0.406 e. The lowest BCUT2D eigenvalue weighted by Crippen LogP contribution is -2.43. The zero-order chi connectivity index (χ0) is 15.6. The van der Waals surface area contributed by atoms with Gasteiger partial charge in [0.2, 0.25) is 11.6 Å². The van der Waals surface area contributed by atoms with E-state index in [1.165, 1.54) is 0 Å². The molecule has 7 nitrogen and oxygen atoms in total. The Morgan fingerprint density at radius 2 is 2.19 bits per heavy atom. The number of ether oxygens (including phenoxy) is 1. The van der Waals surface area contributed by atoms with Gasteiger partial charge >= 0.3 is 5.82 Å². The first kappa shape index (κ1) is 15.8. The second-order valence-corrected chi connectivity index (χ2v) is 5.72. The van der Waals surface area contributed by atoms with Crippen molar-refractivity contribution < 1.29 is 9.66 Å². The Morgan fingerprint density at radius 3 is 2.76 bits per heavy atom. The van der Waals surface area contributed by atoms with Crippen molar-refractivity contribution >= 4 is 11.6 Å². The van der Waals surface area contributed by atoms with E-state index in [9.17, 15) is 10.1 Å². The minimum atomic E-state index is -0.429. The Hall–Kier alpha value is -1.63. The molecule has 1 aliphatic rings. The van der Waals surface area contributed by atoms with E-state index in [-0.39, 0.29) is 17.5 Å². The van der Waals surface area contributed by atoms with Crippen LogP contribution in [0.4, 0.5) is 11.6 Å². The molecule has 118 valence electrons. The minimum Gasteiger partial charge on any atom is -0.375 e. The zero-order valence-electron chi connectivity index (χ0n) is 13.2. The monoisotopic (exact) mass is 296 g/mol. The maximum absolute atomic E-state index is 11.1. The van der Waals surface area contributed by atoms with Crippen LogP contribution >= 0.6 is 0 Å². The van der Waals surface area contributed by atoms with Gasteiger partial charge in [-0.25, -0.2) is 0 Å². The molecule has 1 aromatic rings. The molecule has 0 bridgehead atoms. The summed E-state index contributed by atoms with van der Waals surface area (Å²) in [6.45, 7) is 6.71. The van der Waals surface area contributed by atoms with Crippen LogP contribution in [0.5, 0.6) is 0 Å². The summed E-state index contributed by atoms with van der Waals surface area (Å²) in [5.41, 5.74) is -0.113. The largest absolute Gasteiger partial charge is 0.406 e. The first-order chi connectivity index (χ1) is 9.92. The first-order valence-electron chi connectivity index (χ1n) is 7.50. The Kier molecular flexibility index (Phi) is 4.51. The van der Waals surface area contributed by atoms with Crippen molar-refractivity contribution in [3.05, 3.63) is 15.9 Å². The van der Waals surface area contributed by atoms with Crippen LogP contribution in [0.15, 0.2) is 0 Å². The topological polar surface area (TPSA) is 82.2 Å². The number of nitrogens with one attached hydrogen (secondary N) is 1. The Balaban J connectivity index is 2.20. The van der Waals surface area contributed by atoms with Crippen molar-refractivity contribution in [1.29, 1.82) is 0 Å². The summed E-state index contributed by atoms with van der Waals surface area (Å²) in [5.74, 6) is 1.03. The number of hydrogen-bond donors (Lipinski definition) is 1. The van der Waals surface area contributed by atoms with Gasteiger partial charge in [0.05, 0.1) is 5.60 Å². The molecular formula is C14H24N4O3. The fourth-order valence-electron chi connectivity index (χ4n) is 2.97. The fourth-order valence-corrected chi connectivity index (χ4v) is 2.97. The molecule has 0 amide bonds. The van der Waals surface area contributed by atoms with E-state index < -0.39 is 4.92 Å². The van der Waals surface area contributed by atoms with Crippen LogP contribution in [0.2, 0.25) is 0 Å². The Labute approximate surface area is 124 Å². The number of anilines is 1. The summed E-state index contributed by atoms with van der Waals surface area (Å²) in [4.78, 5) is 14.7. The predicted octanol–water partition coefficient (Wildman–Crippen LogP) is 2.79. The SMILES string of the molecule is CCC1(CC)CC(Nc2c([N+](=O)[O-])nc(C)n2C)CCO1. The summed E-state index contributed by atoms with van der Waals surface area (Å²) in [5, 5.41) is 14.5. The molecule has 0 aliphatic carbocycles. The molecule has 0 radical (unpaired) electrons. The van der Waals surface area contributed by atoms with Crippen molar-refractivity contribution in [1.82, 2.24) is 9.55 Å². The van der Waals surface area contributed by atoms with E-state index in [0.717, 1.165) is 25.7 Å². The summed E-state index contributed by atoms with van der Waals surface area (Å²) in [7, 11) is 1.80. The van der Waals surface area contributed by atoms with Gasteiger partial charge in [-0.15, -0.1) is 0 Å². The van der Waals surface area contributed by atoms with Crippen molar-refractivity contribution in [2.75, 3.05) is 11.9 Å². The molecule has 1 unspecified atom stereocenters. The Bertz CT molecular complexity index is 523. The second kappa shape index (κ2) is 6.01. The molecule has 1 aliphatic heterocycles. The van der Waals surface area contributed by atoms with Gasteiger partial charge in [-0.3, -0.25) is 4.57 Å². The molecule has 7 heteroatoms. The van der Waals surface area contributed by atoms with Gasteiger partial charge in [-0.2, -0.15) is 0 Å². The standard InChI is InChI=1S/C14H24N4O3/c1-5-14(6-2)9-11(7-8-21-14)16-12-13(18(19)20)15-10(3)17(12)4/h11,16H,5-9H2,1-4H3. The summed E-state index contributed by atoms with van der Waals surface area (Å²) in [6, 6.07) is 0.173. The van der Waals surface area contributed by atoms with E-state index in [4.69, 9.17) is 4.74 Å². The van der Waals surface area contributed by atoms with Crippen LogP contribution in [0.3, 0.4) is 0 Å². The molecule has 2 rings (SSSR count). The summed E-state index contributed by atoms with van der Waals surface area (Å²) in [6.07, 6.45) is 3.62. The number of nitro groups is 1. The van der Waals surface area contributed by atoms with Gasteiger partial charge in [0, 0.05) is 26.6 Å². The van der Waals surface area contributed by atoms with Crippen LogP contribution in [-0.2, 0) is 11.8 Å². The minimum absolute atomic E-state index is 0.0971.